The van der Waals surface area contributed by atoms with E-state index in [1.54, 1.807) is 12.2 Å². The normalized spacial score (nSPS) is 44.0. The number of ether oxygens (including phenoxy) is 2. The number of Topliss-reactive ketones (excluding diaryl/α,β-unsaturated/α-hetero) is 1. The van der Waals surface area contributed by atoms with Crippen LogP contribution in [0, 0.1) is 40.4 Å². The molecule has 0 aromatic carbocycles. The third-order valence-electron chi connectivity index (χ3n) is 9.62. The second-order valence-electron chi connectivity index (χ2n) is 11.5. The molecule has 0 spiro atoms. The van der Waals surface area contributed by atoms with Crippen LogP contribution in [0.25, 0.3) is 0 Å². The lowest BCUT2D eigenvalue weighted by Crippen LogP contribution is -2.64. The summed E-state index contributed by atoms with van der Waals surface area (Å²) in [6, 6.07) is 0. The van der Waals surface area contributed by atoms with Gasteiger partial charge in [0.05, 0.1) is 0 Å². The van der Waals surface area contributed by atoms with Crippen molar-refractivity contribution in [3.05, 3.63) is 23.8 Å². The van der Waals surface area contributed by atoms with E-state index in [1.165, 1.54) is 13.8 Å². The summed E-state index contributed by atoms with van der Waals surface area (Å²) in [5, 5.41) is 10.3. The maximum absolute atomic E-state index is 13.5. The molecule has 4 aliphatic rings. The Morgan fingerprint density at radius 1 is 1.11 bits per heavy atom. The number of carbonyl (C=O) groups is 4. The molecule has 4 rings (SSSR count). The molecule has 3 saturated carbocycles. The quantitative estimate of drug-likeness (QED) is 0.354. The van der Waals surface area contributed by atoms with Crippen LogP contribution < -0.4 is 0 Å². The average molecular weight is 489 g/mol. The van der Waals surface area contributed by atoms with Crippen LogP contribution in [0.5, 0.6) is 0 Å². The Hall–Kier alpha value is -2.32. The zero-order chi connectivity index (χ0) is 25.9. The Bertz CT molecular complexity index is 1010. The smallest absolute Gasteiger partial charge is 0.303 e. The van der Waals surface area contributed by atoms with E-state index in [9.17, 15) is 24.4 Å². The van der Waals surface area contributed by atoms with E-state index in [4.69, 9.17) is 14.4 Å². The van der Waals surface area contributed by atoms with E-state index in [0.29, 0.717) is 12.8 Å². The lowest BCUT2D eigenvalue weighted by Gasteiger charge is -2.61. The van der Waals surface area contributed by atoms with Crippen LogP contribution in [0.2, 0.25) is 0 Å². The molecule has 0 heterocycles. The highest BCUT2D eigenvalue weighted by Crippen LogP contribution is 2.70. The topological polar surface area (TPSA) is 116 Å². The number of carbonyl (C=O) groups excluding carboxylic acids is 4. The van der Waals surface area contributed by atoms with Crippen LogP contribution in [0.4, 0.5) is 0 Å². The number of allylic oxidation sites excluding steroid dienone is 4. The molecule has 1 N–H and O–H groups in total. The number of fused-ring (bicyclic) bond motifs is 5. The summed E-state index contributed by atoms with van der Waals surface area (Å²) in [6.07, 6.45) is 6.40. The van der Waals surface area contributed by atoms with Crippen molar-refractivity contribution in [3.8, 4) is 0 Å². The summed E-state index contributed by atoms with van der Waals surface area (Å²) in [5.74, 6) is -1.85. The second-order valence-corrected chi connectivity index (χ2v) is 11.5. The molecule has 0 radical (unpaired) electrons. The molecule has 3 fully saturated rings. The van der Waals surface area contributed by atoms with Gasteiger partial charge in [-0.25, -0.2) is 4.89 Å². The molecule has 0 saturated heterocycles. The first-order chi connectivity index (χ1) is 16.3. The Morgan fingerprint density at radius 3 is 2.40 bits per heavy atom. The SMILES string of the molecule is CC(=O)OCC(=O)[C@@]1(OO)[C@H](C)C[C@H]2[C@@H]3C[C@H](C)C4=CC(=O)C=C[C@]4(C)[C@H]3[C@@H](OC(C)=O)C[C@@]21C. The molecule has 8 nitrogen and oxygen atoms in total. The first kappa shape index (κ1) is 25.8. The Balaban J connectivity index is 1.83. The fourth-order valence-electron chi connectivity index (χ4n) is 8.47. The van der Waals surface area contributed by atoms with Crippen LogP contribution >= 0.6 is 0 Å². The maximum atomic E-state index is 13.5. The molecule has 0 aromatic heterocycles. The molecule has 0 unspecified atom stereocenters. The Labute approximate surface area is 206 Å². The van der Waals surface area contributed by atoms with Gasteiger partial charge in [0.25, 0.3) is 0 Å². The highest BCUT2D eigenvalue weighted by Gasteiger charge is 2.73. The van der Waals surface area contributed by atoms with Gasteiger partial charge in [-0.3, -0.25) is 24.4 Å². The van der Waals surface area contributed by atoms with Crippen molar-refractivity contribution in [1.82, 2.24) is 0 Å². The van der Waals surface area contributed by atoms with Crippen molar-refractivity contribution in [2.75, 3.05) is 6.61 Å². The number of ketones is 2. The molecule has 0 aromatic rings. The second kappa shape index (κ2) is 8.66. The fraction of sp³-hybridized carbons (Fsp3) is 0.704. The van der Waals surface area contributed by atoms with Crippen LogP contribution in [-0.2, 0) is 33.5 Å². The molecule has 192 valence electrons. The average Bonchev–Trinajstić information content (AvgIpc) is 2.99. The zero-order valence-electron chi connectivity index (χ0n) is 21.3. The summed E-state index contributed by atoms with van der Waals surface area (Å²) < 4.78 is 11.0. The summed E-state index contributed by atoms with van der Waals surface area (Å²) >= 11 is 0. The summed E-state index contributed by atoms with van der Waals surface area (Å²) in [6.45, 7) is 10.1. The van der Waals surface area contributed by atoms with E-state index in [1.807, 2.05) is 19.9 Å². The minimum atomic E-state index is -1.60. The van der Waals surface area contributed by atoms with Crippen molar-refractivity contribution in [3.63, 3.8) is 0 Å². The third-order valence-corrected chi connectivity index (χ3v) is 9.62. The van der Waals surface area contributed by atoms with Gasteiger partial charge < -0.3 is 9.47 Å². The zero-order valence-corrected chi connectivity index (χ0v) is 21.3. The van der Waals surface area contributed by atoms with Crippen molar-refractivity contribution in [2.24, 2.45) is 40.4 Å². The predicted molar refractivity (Wildman–Crippen MR) is 125 cm³/mol. The minimum Gasteiger partial charge on any atom is -0.462 e. The van der Waals surface area contributed by atoms with Gasteiger partial charge in [0.15, 0.2) is 18.0 Å². The van der Waals surface area contributed by atoms with Crippen LogP contribution in [0.15, 0.2) is 23.8 Å². The molecular formula is C27H36O8. The lowest BCUT2D eigenvalue weighted by molar-refractivity contribution is -0.351. The van der Waals surface area contributed by atoms with Gasteiger partial charge in [0, 0.05) is 30.6 Å². The van der Waals surface area contributed by atoms with Crippen molar-refractivity contribution in [1.29, 1.82) is 0 Å². The van der Waals surface area contributed by atoms with E-state index < -0.39 is 46.9 Å². The van der Waals surface area contributed by atoms with Crippen molar-refractivity contribution >= 4 is 23.5 Å². The summed E-state index contributed by atoms with van der Waals surface area (Å²) in [4.78, 5) is 54.6. The van der Waals surface area contributed by atoms with Crippen LogP contribution in [0.3, 0.4) is 0 Å². The molecule has 35 heavy (non-hydrogen) atoms. The number of esters is 2. The first-order valence-corrected chi connectivity index (χ1v) is 12.4. The van der Waals surface area contributed by atoms with Gasteiger partial charge in [-0.05, 0) is 55.1 Å². The molecule has 4 aliphatic carbocycles. The van der Waals surface area contributed by atoms with Gasteiger partial charge in [-0.2, -0.15) is 0 Å². The van der Waals surface area contributed by atoms with Crippen LogP contribution in [0.1, 0.15) is 60.8 Å². The van der Waals surface area contributed by atoms with Crippen molar-refractivity contribution < 1.29 is 38.8 Å². The summed E-state index contributed by atoms with van der Waals surface area (Å²) in [5.41, 5.74) is -1.90. The van der Waals surface area contributed by atoms with Crippen LogP contribution in [-0.4, -0.2) is 47.1 Å². The molecule has 0 bridgehead atoms. The molecule has 0 aliphatic heterocycles. The molecule has 0 amide bonds. The highest BCUT2D eigenvalue weighted by atomic mass is 17.1. The number of hydrogen-bond donors (Lipinski definition) is 1. The molecule has 9 atom stereocenters. The number of hydrogen-bond acceptors (Lipinski definition) is 8. The maximum Gasteiger partial charge on any atom is 0.303 e. The Morgan fingerprint density at radius 2 is 1.80 bits per heavy atom. The monoisotopic (exact) mass is 488 g/mol. The van der Waals surface area contributed by atoms with E-state index >= 15 is 0 Å². The Kier molecular flexibility index (Phi) is 6.37. The van der Waals surface area contributed by atoms with E-state index in [-0.39, 0.29) is 35.4 Å². The van der Waals surface area contributed by atoms with Gasteiger partial charge in [-0.1, -0.05) is 39.3 Å². The third kappa shape index (κ3) is 3.63. The largest absolute Gasteiger partial charge is 0.462 e. The summed E-state index contributed by atoms with van der Waals surface area (Å²) in [7, 11) is 0. The van der Waals surface area contributed by atoms with E-state index in [0.717, 1.165) is 12.0 Å². The van der Waals surface area contributed by atoms with Gasteiger partial charge >= 0.3 is 11.9 Å². The molecular weight excluding hydrogens is 452 g/mol. The minimum absolute atomic E-state index is 0.0189. The van der Waals surface area contributed by atoms with Gasteiger partial charge in [-0.15, -0.1) is 0 Å². The van der Waals surface area contributed by atoms with Gasteiger partial charge in [0.2, 0.25) is 5.78 Å². The predicted octanol–water partition coefficient (Wildman–Crippen LogP) is 3.69. The standard InChI is InChI=1S/C27H36O8/c1-14-9-19-21-10-15(2)27(35-32,23(31)13-33-16(3)28)26(21,6)12-22(34-17(4)29)24(19)25(5)8-7-18(30)11-20(14)25/h7-8,11,14-15,19,21-22,24,32H,9-10,12-13H2,1-6H3/t14-,15+,19-,21-,22-,24+,25-,26-,27-/m0/s1. The first-order valence-electron chi connectivity index (χ1n) is 12.4. The fourth-order valence-corrected chi connectivity index (χ4v) is 8.47. The van der Waals surface area contributed by atoms with Crippen molar-refractivity contribution in [2.45, 2.75) is 72.5 Å². The van der Waals surface area contributed by atoms with Gasteiger partial charge in [0.1, 0.15) is 6.10 Å². The lowest BCUT2D eigenvalue weighted by atomic mass is 9.44. The van der Waals surface area contributed by atoms with E-state index in [2.05, 4.69) is 13.8 Å². The molecule has 8 heteroatoms. The highest BCUT2D eigenvalue weighted by molar-refractivity contribution is 6.01. The number of rotatable bonds is 5.